The van der Waals surface area contributed by atoms with Gasteiger partial charge < -0.3 is 9.47 Å². The van der Waals surface area contributed by atoms with Gasteiger partial charge in [-0.05, 0) is 13.8 Å². The summed E-state index contributed by atoms with van der Waals surface area (Å²) in [4.78, 5) is 17.7. The Labute approximate surface area is 101 Å². The molecule has 0 aromatic carbocycles. The Kier molecular flexibility index (Phi) is 4.46. The minimum Gasteiger partial charge on any atom is -0.477 e. The fourth-order valence-electron chi connectivity index (χ4n) is 1.10. The van der Waals surface area contributed by atoms with Gasteiger partial charge in [-0.25, -0.2) is 9.78 Å². The fourth-order valence-corrected chi connectivity index (χ4v) is 1.10. The smallest absolute Gasteiger partial charge is 0.451 e. The zero-order chi connectivity index (χ0) is 13.8. The molecule has 0 saturated heterocycles. The van der Waals surface area contributed by atoms with Gasteiger partial charge in [-0.1, -0.05) is 0 Å². The SMILES string of the molecule is CCOC(=O)c1cnc(C(F)(F)F)nc1OCC. The molecule has 0 fully saturated rings. The first-order valence-electron chi connectivity index (χ1n) is 5.14. The lowest BCUT2D eigenvalue weighted by molar-refractivity contribution is -0.145. The van der Waals surface area contributed by atoms with Crippen LogP contribution in [0.25, 0.3) is 0 Å². The Morgan fingerprint density at radius 2 is 2.00 bits per heavy atom. The molecular formula is C10H11F3N2O3. The van der Waals surface area contributed by atoms with Crippen molar-refractivity contribution in [2.45, 2.75) is 20.0 Å². The average Bonchev–Trinajstić information content (AvgIpc) is 2.28. The number of carbonyl (C=O) groups is 1. The van der Waals surface area contributed by atoms with Crippen LogP contribution < -0.4 is 4.74 Å². The van der Waals surface area contributed by atoms with E-state index in [0.717, 1.165) is 6.20 Å². The van der Waals surface area contributed by atoms with E-state index in [9.17, 15) is 18.0 Å². The summed E-state index contributed by atoms with van der Waals surface area (Å²) in [6.45, 7) is 3.29. The van der Waals surface area contributed by atoms with Crippen LogP contribution in [0.4, 0.5) is 13.2 Å². The number of nitrogens with zero attached hydrogens (tertiary/aromatic N) is 2. The van der Waals surface area contributed by atoms with Gasteiger partial charge in [0.1, 0.15) is 5.56 Å². The minimum atomic E-state index is -4.70. The minimum absolute atomic E-state index is 0.0702. The third-order valence-corrected chi connectivity index (χ3v) is 1.78. The topological polar surface area (TPSA) is 61.3 Å². The number of ether oxygens (including phenoxy) is 2. The van der Waals surface area contributed by atoms with E-state index in [0.29, 0.717) is 0 Å². The van der Waals surface area contributed by atoms with E-state index in [1.54, 1.807) is 13.8 Å². The molecule has 0 aliphatic heterocycles. The second-order valence-corrected chi connectivity index (χ2v) is 3.06. The van der Waals surface area contributed by atoms with E-state index in [1.807, 2.05) is 0 Å². The Bertz CT molecular complexity index is 435. The predicted octanol–water partition coefficient (Wildman–Crippen LogP) is 2.07. The molecule has 8 heteroatoms. The molecule has 0 unspecified atom stereocenters. The first kappa shape index (κ1) is 14.2. The summed E-state index contributed by atoms with van der Waals surface area (Å²) >= 11 is 0. The van der Waals surface area contributed by atoms with Gasteiger partial charge in [-0.15, -0.1) is 0 Å². The van der Waals surface area contributed by atoms with Crippen LogP contribution in [0.2, 0.25) is 0 Å². The van der Waals surface area contributed by atoms with Gasteiger partial charge in [0, 0.05) is 6.20 Å². The zero-order valence-electron chi connectivity index (χ0n) is 9.74. The zero-order valence-corrected chi connectivity index (χ0v) is 9.74. The van der Waals surface area contributed by atoms with Crippen molar-refractivity contribution < 1.29 is 27.4 Å². The predicted molar refractivity (Wildman–Crippen MR) is 54.2 cm³/mol. The summed E-state index contributed by atoms with van der Waals surface area (Å²) in [6.07, 6.45) is -3.95. The highest BCUT2D eigenvalue weighted by atomic mass is 19.4. The Balaban J connectivity index is 3.16. The van der Waals surface area contributed by atoms with E-state index < -0.39 is 23.8 Å². The molecule has 1 aromatic rings. The average molecular weight is 264 g/mol. The molecule has 0 spiro atoms. The van der Waals surface area contributed by atoms with Crippen LogP contribution in [0, 0.1) is 0 Å². The van der Waals surface area contributed by atoms with Crippen molar-refractivity contribution in [2.24, 2.45) is 0 Å². The lowest BCUT2D eigenvalue weighted by Crippen LogP contribution is -2.16. The second kappa shape index (κ2) is 5.65. The normalized spacial score (nSPS) is 11.2. The summed E-state index contributed by atoms with van der Waals surface area (Å²) in [6, 6.07) is 0. The maximum atomic E-state index is 12.4. The largest absolute Gasteiger partial charge is 0.477 e. The van der Waals surface area contributed by atoms with Crippen molar-refractivity contribution >= 4 is 5.97 Å². The number of aromatic nitrogens is 2. The Morgan fingerprint density at radius 3 is 2.50 bits per heavy atom. The number of rotatable bonds is 4. The van der Waals surface area contributed by atoms with E-state index in [1.165, 1.54) is 0 Å². The molecule has 0 saturated carbocycles. The van der Waals surface area contributed by atoms with Crippen LogP contribution in [0.5, 0.6) is 5.88 Å². The molecule has 0 bridgehead atoms. The van der Waals surface area contributed by atoms with Gasteiger partial charge in [0.2, 0.25) is 11.7 Å². The van der Waals surface area contributed by atoms with Crippen molar-refractivity contribution in [1.82, 2.24) is 9.97 Å². The van der Waals surface area contributed by atoms with E-state index >= 15 is 0 Å². The standard InChI is InChI=1S/C10H11F3N2O3/c1-3-17-7-6(8(16)18-4-2)5-14-9(15-7)10(11,12)13/h5H,3-4H2,1-2H3. The molecule has 0 aliphatic carbocycles. The van der Waals surface area contributed by atoms with Crippen molar-refractivity contribution in [3.05, 3.63) is 17.6 Å². The van der Waals surface area contributed by atoms with Gasteiger partial charge in [0.25, 0.3) is 0 Å². The molecule has 1 heterocycles. The monoisotopic (exact) mass is 264 g/mol. The van der Waals surface area contributed by atoms with Gasteiger partial charge in [0.15, 0.2) is 0 Å². The van der Waals surface area contributed by atoms with Crippen molar-refractivity contribution in [3.63, 3.8) is 0 Å². The van der Waals surface area contributed by atoms with Crippen LogP contribution >= 0.6 is 0 Å². The molecule has 0 amide bonds. The number of carbonyl (C=O) groups excluding carboxylic acids is 1. The molecule has 100 valence electrons. The summed E-state index contributed by atoms with van der Waals surface area (Å²) < 4.78 is 46.7. The molecule has 1 rings (SSSR count). The molecule has 0 N–H and O–H groups in total. The number of hydrogen-bond donors (Lipinski definition) is 0. The molecule has 0 radical (unpaired) electrons. The molecule has 5 nitrogen and oxygen atoms in total. The van der Waals surface area contributed by atoms with Crippen LogP contribution in [-0.4, -0.2) is 29.2 Å². The first-order chi connectivity index (χ1) is 8.40. The summed E-state index contributed by atoms with van der Waals surface area (Å²) in [5.74, 6) is -2.62. The Hall–Kier alpha value is -1.86. The molecule has 18 heavy (non-hydrogen) atoms. The first-order valence-corrected chi connectivity index (χ1v) is 5.14. The van der Waals surface area contributed by atoms with E-state index in [-0.39, 0.29) is 18.8 Å². The summed E-state index contributed by atoms with van der Waals surface area (Å²) in [7, 11) is 0. The number of halogens is 3. The third kappa shape index (κ3) is 3.31. The number of hydrogen-bond acceptors (Lipinski definition) is 5. The number of esters is 1. The lowest BCUT2D eigenvalue weighted by Gasteiger charge is -2.10. The highest BCUT2D eigenvalue weighted by molar-refractivity contribution is 5.91. The highest BCUT2D eigenvalue weighted by Crippen LogP contribution is 2.28. The van der Waals surface area contributed by atoms with Crippen molar-refractivity contribution in [3.8, 4) is 5.88 Å². The van der Waals surface area contributed by atoms with Gasteiger partial charge in [0.05, 0.1) is 13.2 Å². The fraction of sp³-hybridized carbons (Fsp3) is 0.500. The molecular weight excluding hydrogens is 253 g/mol. The lowest BCUT2D eigenvalue weighted by atomic mass is 10.3. The van der Waals surface area contributed by atoms with E-state index in [4.69, 9.17) is 4.74 Å². The van der Waals surface area contributed by atoms with Crippen LogP contribution in [0.1, 0.15) is 30.0 Å². The van der Waals surface area contributed by atoms with Crippen molar-refractivity contribution in [2.75, 3.05) is 13.2 Å². The van der Waals surface area contributed by atoms with Gasteiger partial charge in [-0.3, -0.25) is 0 Å². The maximum absolute atomic E-state index is 12.4. The van der Waals surface area contributed by atoms with Gasteiger partial charge >= 0.3 is 12.1 Å². The number of alkyl halides is 3. The Morgan fingerprint density at radius 1 is 1.33 bits per heavy atom. The molecule has 0 aliphatic rings. The molecule has 0 atom stereocenters. The van der Waals surface area contributed by atoms with Gasteiger partial charge in [-0.2, -0.15) is 18.2 Å². The second-order valence-electron chi connectivity index (χ2n) is 3.06. The summed E-state index contributed by atoms with van der Waals surface area (Å²) in [5.41, 5.74) is -0.230. The van der Waals surface area contributed by atoms with Crippen LogP contribution in [0.15, 0.2) is 6.20 Å². The van der Waals surface area contributed by atoms with Crippen LogP contribution in [-0.2, 0) is 10.9 Å². The summed E-state index contributed by atoms with van der Waals surface area (Å²) in [5, 5.41) is 0. The quantitative estimate of drug-likeness (QED) is 0.779. The van der Waals surface area contributed by atoms with Crippen molar-refractivity contribution in [1.29, 1.82) is 0 Å². The maximum Gasteiger partial charge on any atom is 0.451 e. The highest BCUT2D eigenvalue weighted by Gasteiger charge is 2.36. The van der Waals surface area contributed by atoms with E-state index in [2.05, 4.69) is 14.7 Å². The molecule has 1 aromatic heterocycles. The van der Waals surface area contributed by atoms with Crippen LogP contribution in [0.3, 0.4) is 0 Å². The third-order valence-electron chi connectivity index (χ3n) is 1.78.